The number of aryl methyl sites for hydroxylation is 1. The largest absolute Gasteiger partial charge is 0.480 e. The minimum Gasteiger partial charge on any atom is -0.480 e. The first kappa shape index (κ1) is 17.1. The molecule has 1 aromatic heterocycles. The number of aromatic nitrogens is 3. The van der Waals surface area contributed by atoms with Crippen LogP contribution in [-0.4, -0.2) is 51.2 Å². The lowest BCUT2D eigenvalue weighted by Crippen LogP contribution is -2.48. The number of aliphatic carboxylic acids is 1. The number of nitrogens with zero attached hydrogens (tertiary/aromatic N) is 3. The van der Waals surface area contributed by atoms with Crippen LogP contribution in [0, 0.1) is 12.8 Å². The number of carbonyl (C=O) groups excluding carboxylic acids is 1. The van der Waals surface area contributed by atoms with Gasteiger partial charge in [-0.1, -0.05) is 17.3 Å². The van der Waals surface area contributed by atoms with Gasteiger partial charge in [0.05, 0.1) is 18.5 Å². The fourth-order valence-electron chi connectivity index (χ4n) is 2.89. The highest BCUT2D eigenvalue weighted by Gasteiger charge is 2.32. The Kier molecular flexibility index (Phi) is 5.08. The summed E-state index contributed by atoms with van der Waals surface area (Å²) >= 11 is 0. The zero-order valence-electron chi connectivity index (χ0n) is 13.9. The number of carboxylic acid groups (broad SMARTS) is 1. The standard InChI is InChI=1S/C17H20N4O4/c1-11-4-2-6-13(8-11)21-9-14(19-20-21)16(22)18-15(17(23)24)12-5-3-7-25-10-12/h2,4,6,8-9,12,15H,3,5,7,10H2,1H3,(H,18,22)(H,23,24). The lowest BCUT2D eigenvalue weighted by atomic mass is 9.93. The number of benzene rings is 1. The molecular formula is C17H20N4O4. The first-order valence-corrected chi connectivity index (χ1v) is 8.15. The maximum absolute atomic E-state index is 12.4. The molecule has 3 rings (SSSR count). The van der Waals surface area contributed by atoms with Gasteiger partial charge in [0, 0.05) is 12.5 Å². The van der Waals surface area contributed by atoms with Gasteiger partial charge in [0.25, 0.3) is 5.91 Å². The van der Waals surface area contributed by atoms with Gasteiger partial charge in [-0.25, -0.2) is 9.48 Å². The number of rotatable bonds is 5. The van der Waals surface area contributed by atoms with E-state index in [0.717, 1.165) is 17.7 Å². The molecule has 0 saturated carbocycles. The lowest BCUT2D eigenvalue weighted by molar-refractivity contribution is -0.142. The van der Waals surface area contributed by atoms with Crippen LogP contribution in [0.4, 0.5) is 0 Å². The molecule has 1 aromatic carbocycles. The number of hydrogen-bond donors (Lipinski definition) is 2. The monoisotopic (exact) mass is 344 g/mol. The summed E-state index contributed by atoms with van der Waals surface area (Å²) in [7, 11) is 0. The van der Waals surface area contributed by atoms with Gasteiger partial charge in [-0.3, -0.25) is 4.79 Å². The van der Waals surface area contributed by atoms with Crippen LogP contribution in [0.15, 0.2) is 30.5 Å². The van der Waals surface area contributed by atoms with Crippen LogP contribution in [0.25, 0.3) is 5.69 Å². The van der Waals surface area contributed by atoms with E-state index in [1.165, 1.54) is 10.9 Å². The molecule has 2 atom stereocenters. The van der Waals surface area contributed by atoms with Gasteiger partial charge in [0.1, 0.15) is 6.04 Å². The topological polar surface area (TPSA) is 106 Å². The Morgan fingerprint density at radius 2 is 2.28 bits per heavy atom. The maximum atomic E-state index is 12.4. The zero-order valence-corrected chi connectivity index (χ0v) is 13.9. The van der Waals surface area contributed by atoms with Crippen molar-refractivity contribution in [3.63, 3.8) is 0 Å². The molecule has 8 heteroatoms. The molecule has 1 aliphatic rings. The summed E-state index contributed by atoms with van der Waals surface area (Å²) in [5.41, 5.74) is 1.91. The fourth-order valence-corrected chi connectivity index (χ4v) is 2.89. The number of hydrogen-bond acceptors (Lipinski definition) is 5. The summed E-state index contributed by atoms with van der Waals surface area (Å²) < 4.78 is 6.81. The first-order chi connectivity index (χ1) is 12.0. The van der Waals surface area contributed by atoms with E-state index in [4.69, 9.17) is 4.74 Å². The predicted octanol–water partition coefficient (Wildman–Crippen LogP) is 1.19. The molecule has 1 aliphatic heterocycles. The highest BCUT2D eigenvalue weighted by atomic mass is 16.5. The molecule has 2 unspecified atom stereocenters. The van der Waals surface area contributed by atoms with Crippen molar-refractivity contribution in [1.82, 2.24) is 20.3 Å². The average molecular weight is 344 g/mol. The molecule has 25 heavy (non-hydrogen) atoms. The predicted molar refractivity (Wildman–Crippen MR) is 88.5 cm³/mol. The van der Waals surface area contributed by atoms with Crippen molar-refractivity contribution in [3.8, 4) is 5.69 Å². The summed E-state index contributed by atoms with van der Waals surface area (Å²) in [5, 5.41) is 19.8. The van der Waals surface area contributed by atoms with Gasteiger partial charge in [-0.15, -0.1) is 5.10 Å². The van der Waals surface area contributed by atoms with Crippen LogP contribution in [0.1, 0.15) is 28.9 Å². The molecule has 1 saturated heterocycles. The minimum atomic E-state index is -1.07. The number of nitrogens with one attached hydrogen (secondary N) is 1. The molecule has 0 spiro atoms. The van der Waals surface area contributed by atoms with Gasteiger partial charge in [0.2, 0.25) is 0 Å². The average Bonchev–Trinajstić information content (AvgIpc) is 3.10. The Bertz CT molecular complexity index is 768. The van der Waals surface area contributed by atoms with Crippen molar-refractivity contribution in [2.45, 2.75) is 25.8 Å². The van der Waals surface area contributed by atoms with E-state index in [1.807, 2.05) is 31.2 Å². The summed E-state index contributed by atoms with van der Waals surface area (Å²) in [4.78, 5) is 23.9. The third-order valence-electron chi connectivity index (χ3n) is 4.21. The fraction of sp³-hybridized carbons (Fsp3) is 0.412. The van der Waals surface area contributed by atoms with E-state index < -0.39 is 17.9 Å². The van der Waals surface area contributed by atoms with Gasteiger partial charge >= 0.3 is 5.97 Å². The zero-order chi connectivity index (χ0) is 17.8. The van der Waals surface area contributed by atoms with Crippen LogP contribution in [-0.2, 0) is 9.53 Å². The van der Waals surface area contributed by atoms with Crippen molar-refractivity contribution in [2.75, 3.05) is 13.2 Å². The van der Waals surface area contributed by atoms with Crippen LogP contribution < -0.4 is 5.32 Å². The van der Waals surface area contributed by atoms with E-state index in [0.29, 0.717) is 19.6 Å². The highest BCUT2D eigenvalue weighted by Crippen LogP contribution is 2.18. The SMILES string of the molecule is Cc1cccc(-n2cc(C(=O)NC(C(=O)O)C3CCCOC3)nn2)c1. The second-order valence-electron chi connectivity index (χ2n) is 6.15. The highest BCUT2D eigenvalue weighted by molar-refractivity contribution is 5.94. The van der Waals surface area contributed by atoms with Gasteiger partial charge in [0.15, 0.2) is 5.69 Å². The summed E-state index contributed by atoms with van der Waals surface area (Å²) in [6.07, 6.45) is 2.97. The van der Waals surface area contributed by atoms with Crippen LogP contribution in [0.2, 0.25) is 0 Å². The lowest BCUT2D eigenvalue weighted by Gasteiger charge is -2.27. The van der Waals surface area contributed by atoms with E-state index in [1.54, 1.807) is 0 Å². The van der Waals surface area contributed by atoms with Crippen molar-refractivity contribution >= 4 is 11.9 Å². The molecule has 0 aliphatic carbocycles. The number of ether oxygens (including phenoxy) is 1. The molecule has 1 fully saturated rings. The van der Waals surface area contributed by atoms with Crippen LogP contribution in [0.5, 0.6) is 0 Å². The summed E-state index contributed by atoms with van der Waals surface area (Å²) in [6.45, 7) is 2.91. The van der Waals surface area contributed by atoms with E-state index in [-0.39, 0.29) is 11.6 Å². The Balaban J connectivity index is 1.73. The van der Waals surface area contributed by atoms with Crippen molar-refractivity contribution < 1.29 is 19.4 Å². The summed E-state index contributed by atoms with van der Waals surface area (Å²) in [6, 6.07) is 6.60. The molecule has 1 amide bonds. The van der Waals surface area contributed by atoms with Crippen LogP contribution in [0.3, 0.4) is 0 Å². The Labute approximate surface area is 144 Å². The number of carbonyl (C=O) groups is 2. The van der Waals surface area contributed by atoms with E-state index in [2.05, 4.69) is 15.6 Å². The first-order valence-electron chi connectivity index (χ1n) is 8.15. The van der Waals surface area contributed by atoms with Gasteiger partial charge < -0.3 is 15.2 Å². The van der Waals surface area contributed by atoms with Crippen molar-refractivity contribution in [3.05, 3.63) is 41.7 Å². The van der Waals surface area contributed by atoms with E-state index in [9.17, 15) is 14.7 Å². The Morgan fingerprint density at radius 3 is 2.96 bits per heavy atom. The number of carboxylic acids is 1. The number of amides is 1. The third kappa shape index (κ3) is 4.03. The molecule has 132 valence electrons. The van der Waals surface area contributed by atoms with Gasteiger partial charge in [-0.2, -0.15) is 0 Å². The molecule has 2 aromatic rings. The maximum Gasteiger partial charge on any atom is 0.326 e. The molecule has 2 N–H and O–H groups in total. The smallest absolute Gasteiger partial charge is 0.326 e. The molecular weight excluding hydrogens is 324 g/mol. The molecule has 8 nitrogen and oxygen atoms in total. The second-order valence-corrected chi connectivity index (χ2v) is 6.15. The van der Waals surface area contributed by atoms with E-state index >= 15 is 0 Å². The quantitative estimate of drug-likeness (QED) is 0.844. The molecule has 0 radical (unpaired) electrons. The Morgan fingerprint density at radius 1 is 1.44 bits per heavy atom. The third-order valence-corrected chi connectivity index (χ3v) is 4.21. The summed E-state index contributed by atoms with van der Waals surface area (Å²) in [5.74, 6) is -1.88. The van der Waals surface area contributed by atoms with Crippen molar-refractivity contribution in [1.29, 1.82) is 0 Å². The normalized spacial score (nSPS) is 18.5. The van der Waals surface area contributed by atoms with Crippen LogP contribution >= 0.6 is 0 Å². The molecule has 0 bridgehead atoms. The van der Waals surface area contributed by atoms with Crippen molar-refractivity contribution in [2.24, 2.45) is 5.92 Å². The molecule has 2 heterocycles. The Hall–Kier alpha value is -2.74. The second kappa shape index (κ2) is 7.43. The minimum absolute atomic E-state index is 0.0736. The van der Waals surface area contributed by atoms with Gasteiger partial charge in [-0.05, 0) is 37.5 Å².